The Morgan fingerprint density at radius 1 is 1.15 bits per heavy atom. The number of carbonyl (C=O) groups is 1. The topological polar surface area (TPSA) is 50.7 Å². The van der Waals surface area contributed by atoms with E-state index < -0.39 is 6.04 Å². The summed E-state index contributed by atoms with van der Waals surface area (Å²) in [5.41, 5.74) is 2.80. The van der Waals surface area contributed by atoms with Gasteiger partial charge in [-0.15, -0.1) is 0 Å². The first kappa shape index (κ1) is 18.6. The molecular weight excluding hydrogens is 348 g/mol. The number of nitrogens with zero attached hydrogens (tertiary/aromatic N) is 1. The second kappa shape index (κ2) is 7.22. The quantitative estimate of drug-likeness (QED) is 0.851. The van der Waals surface area contributed by atoms with E-state index in [4.69, 9.17) is 21.3 Å². The van der Waals surface area contributed by atoms with E-state index >= 15 is 0 Å². The molecule has 1 unspecified atom stereocenters. The van der Waals surface area contributed by atoms with Gasteiger partial charge in [0.15, 0.2) is 6.04 Å². The molecule has 1 heterocycles. The minimum absolute atomic E-state index is 0.184. The van der Waals surface area contributed by atoms with E-state index in [1.807, 2.05) is 70.2 Å². The maximum absolute atomic E-state index is 12.8. The van der Waals surface area contributed by atoms with Gasteiger partial charge in [0, 0.05) is 16.1 Å². The Bertz CT molecular complexity index is 841. The first-order chi connectivity index (χ1) is 12.2. The van der Waals surface area contributed by atoms with Crippen molar-refractivity contribution in [3.8, 4) is 0 Å². The molecule has 0 aliphatic carbocycles. The molecule has 0 spiro atoms. The molecule has 1 aliphatic heterocycles. The van der Waals surface area contributed by atoms with E-state index in [1.165, 1.54) is 0 Å². The molecule has 3 rings (SSSR count). The van der Waals surface area contributed by atoms with Gasteiger partial charge in [-0.1, -0.05) is 41.9 Å². The fourth-order valence-corrected chi connectivity index (χ4v) is 3.23. The van der Waals surface area contributed by atoms with Gasteiger partial charge in [-0.05, 0) is 45.9 Å². The van der Waals surface area contributed by atoms with Crippen molar-refractivity contribution in [2.45, 2.75) is 45.4 Å². The van der Waals surface area contributed by atoms with Crippen molar-refractivity contribution in [1.29, 1.82) is 0 Å². The van der Waals surface area contributed by atoms with E-state index in [1.54, 1.807) is 6.07 Å². The van der Waals surface area contributed by atoms with Crippen molar-refractivity contribution in [1.82, 2.24) is 0 Å². The zero-order valence-electron chi connectivity index (χ0n) is 15.4. The first-order valence-electron chi connectivity index (χ1n) is 8.66. The Balaban J connectivity index is 2.12. The summed E-state index contributed by atoms with van der Waals surface area (Å²) < 4.78 is 6.02. The largest absolute Gasteiger partial charge is 0.370 e. The fraction of sp³-hybridized carbons (Fsp3) is 0.333. The number of hydrogen-bond acceptors (Lipinski definition) is 3. The van der Waals surface area contributed by atoms with Crippen molar-refractivity contribution in [2.24, 2.45) is 4.99 Å². The van der Waals surface area contributed by atoms with Crippen LogP contribution in [0.3, 0.4) is 0 Å². The molecule has 2 aromatic rings. The maximum Gasteiger partial charge on any atom is 0.251 e. The van der Waals surface area contributed by atoms with E-state index in [0.717, 1.165) is 16.8 Å². The van der Waals surface area contributed by atoms with Gasteiger partial charge < -0.3 is 10.1 Å². The minimum atomic E-state index is -0.657. The maximum atomic E-state index is 12.8. The predicted octanol–water partition coefficient (Wildman–Crippen LogP) is 4.70. The Morgan fingerprint density at radius 3 is 2.50 bits per heavy atom. The van der Waals surface area contributed by atoms with Crippen LogP contribution in [0.2, 0.25) is 5.02 Å². The summed E-state index contributed by atoms with van der Waals surface area (Å²) in [4.78, 5) is 17.6. The van der Waals surface area contributed by atoms with Gasteiger partial charge in [-0.3, -0.25) is 9.79 Å². The Kier molecular flexibility index (Phi) is 5.17. The normalized spacial score (nSPS) is 18.4. The zero-order valence-corrected chi connectivity index (χ0v) is 16.2. The summed E-state index contributed by atoms with van der Waals surface area (Å²) in [5.74, 6) is -0.184. The van der Waals surface area contributed by atoms with E-state index in [0.29, 0.717) is 10.7 Å². The molecule has 0 radical (unpaired) electrons. The van der Waals surface area contributed by atoms with Crippen LogP contribution in [0.15, 0.2) is 53.5 Å². The number of benzene rings is 2. The molecular formula is C21H23ClN2O2. The molecule has 0 bridgehead atoms. The molecule has 0 saturated carbocycles. The number of fused-ring (bicyclic) bond motifs is 1. The average Bonchev–Trinajstić information content (AvgIpc) is 2.70. The van der Waals surface area contributed by atoms with Crippen LogP contribution in [0.1, 0.15) is 38.8 Å². The number of halogens is 1. The van der Waals surface area contributed by atoms with E-state index in [-0.39, 0.29) is 17.6 Å². The molecule has 26 heavy (non-hydrogen) atoms. The lowest BCUT2D eigenvalue weighted by Crippen LogP contribution is -2.40. The number of amides is 1. The van der Waals surface area contributed by atoms with Crippen LogP contribution >= 0.6 is 11.6 Å². The number of rotatable bonds is 3. The lowest BCUT2D eigenvalue weighted by Gasteiger charge is -2.28. The molecule has 0 fully saturated rings. The molecule has 2 aromatic carbocycles. The summed E-state index contributed by atoms with van der Waals surface area (Å²) in [5, 5.41) is 3.57. The molecule has 0 aromatic heterocycles. The third-order valence-electron chi connectivity index (χ3n) is 4.06. The van der Waals surface area contributed by atoms with Crippen LogP contribution in [0.4, 0.5) is 5.69 Å². The van der Waals surface area contributed by atoms with Crippen molar-refractivity contribution in [2.75, 3.05) is 5.32 Å². The summed E-state index contributed by atoms with van der Waals surface area (Å²) in [6.45, 7) is 7.78. The highest BCUT2D eigenvalue weighted by Gasteiger charge is 2.32. The lowest BCUT2D eigenvalue weighted by molar-refractivity contribution is -0.124. The molecule has 5 heteroatoms. The number of ether oxygens (including phenoxy) is 1. The third-order valence-corrected chi connectivity index (χ3v) is 4.30. The molecule has 4 nitrogen and oxygen atoms in total. The lowest BCUT2D eigenvalue weighted by atomic mass is 10.0. The SMILES string of the molecule is CC(OC(C)(C)C)[C@@H]1N=C(c2ccccc2)c2cc(Cl)ccc2NC1=O. The first-order valence-corrected chi connectivity index (χ1v) is 9.04. The van der Waals surface area contributed by atoms with E-state index in [9.17, 15) is 4.79 Å². The van der Waals surface area contributed by atoms with Gasteiger partial charge >= 0.3 is 0 Å². The Hall–Kier alpha value is -2.17. The van der Waals surface area contributed by atoms with Crippen LogP contribution in [0, 0.1) is 0 Å². The van der Waals surface area contributed by atoms with Crippen molar-refractivity contribution in [3.05, 3.63) is 64.7 Å². The summed E-state index contributed by atoms with van der Waals surface area (Å²) in [6, 6.07) is 14.6. The third kappa shape index (κ3) is 4.14. The average molecular weight is 371 g/mol. The monoisotopic (exact) mass is 370 g/mol. The Morgan fingerprint density at radius 2 is 1.85 bits per heavy atom. The molecule has 1 aliphatic rings. The summed E-state index contributed by atoms with van der Waals surface area (Å²) in [6.07, 6.45) is -0.376. The van der Waals surface area contributed by atoms with Crippen molar-refractivity contribution >= 4 is 28.9 Å². The van der Waals surface area contributed by atoms with Crippen molar-refractivity contribution in [3.63, 3.8) is 0 Å². The van der Waals surface area contributed by atoms with Gasteiger partial charge in [0.1, 0.15) is 0 Å². The highest BCUT2D eigenvalue weighted by atomic mass is 35.5. The van der Waals surface area contributed by atoms with Crippen LogP contribution in [0.25, 0.3) is 0 Å². The second-order valence-electron chi connectivity index (χ2n) is 7.40. The molecule has 0 saturated heterocycles. The molecule has 1 amide bonds. The number of carbonyl (C=O) groups excluding carboxylic acids is 1. The van der Waals surface area contributed by atoms with Crippen LogP contribution < -0.4 is 5.32 Å². The summed E-state index contributed by atoms with van der Waals surface area (Å²) in [7, 11) is 0. The summed E-state index contributed by atoms with van der Waals surface area (Å²) >= 11 is 6.21. The smallest absolute Gasteiger partial charge is 0.251 e. The Labute approximate surface area is 159 Å². The van der Waals surface area contributed by atoms with Crippen molar-refractivity contribution < 1.29 is 9.53 Å². The van der Waals surface area contributed by atoms with Crippen LogP contribution in [0.5, 0.6) is 0 Å². The van der Waals surface area contributed by atoms with Gasteiger partial charge in [-0.2, -0.15) is 0 Å². The molecule has 1 N–H and O–H groups in total. The minimum Gasteiger partial charge on any atom is -0.370 e. The number of nitrogens with one attached hydrogen (secondary N) is 1. The second-order valence-corrected chi connectivity index (χ2v) is 7.84. The standard InChI is InChI=1S/C21H23ClN2O2/c1-13(26-21(2,3)4)18-20(25)23-17-11-10-15(22)12-16(17)19(24-18)14-8-6-5-7-9-14/h5-13,18H,1-4H3,(H,23,25)/t13?,18-/m0/s1. The highest BCUT2D eigenvalue weighted by Crippen LogP contribution is 2.28. The molecule has 136 valence electrons. The van der Waals surface area contributed by atoms with Gasteiger partial charge in [-0.25, -0.2) is 0 Å². The number of anilines is 1. The van der Waals surface area contributed by atoms with Gasteiger partial charge in [0.05, 0.1) is 23.1 Å². The molecule has 2 atom stereocenters. The fourth-order valence-electron chi connectivity index (χ4n) is 3.06. The highest BCUT2D eigenvalue weighted by molar-refractivity contribution is 6.32. The van der Waals surface area contributed by atoms with Crippen LogP contribution in [-0.2, 0) is 9.53 Å². The van der Waals surface area contributed by atoms with Gasteiger partial charge in [0.2, 0.25) is 0 Å². The predicted molar refractivity (Wildman–Crippen MR) is 106 cm³/mol. The zero-order chi connectivity index (χ0) is 18.9. The van der Waals surface area contributed by atoms with E-state index in [2.05, 4.69) is 5.32 Å². The van der Waals surface area contributed by atoms with Gasteiger partial charge in [0.25, 0.3) is 5.91 Å². The number of benzodiazepines with no additional fused rings is 1. The number of aliphatic imine (C=N–C) groups is 1. The number of hydrogen-bond donors (Lipinski definition) is 1. The van der Waals surface area contributed by atoms with Crippen LogP contribution in [-0.4, -0.2) is 29.4 Å².